The maximum Gasteiger partial charge on any atom is 0.0402 e. The Morgan fingerprint density at radius 1 is 1.78 bits per heavy atom. The Kier molecular flexibility index (Phi) is 1.90. The standard InChI is InChI=1S/C8H13I/c1-6-4-5-8(3,9)7(6)2/h6H,2,4-5H2,1,3H3. The lowest BCUT2D eigenvalue weighted by Gasteiger charge is -2.17. The van der Waals surface area contributed by atoms with E-state index in [-0.39, 0.29) is 0 Å². The highest BCUT2D eigenvalue weighted by atomic mass is 127. The minimum atomic E-state index is 0.400. The molecule has 1 heteroatoms. The average molecular weight is 236 g/mol. The van der Waals surface area contributed by atoms with Crippen LogP contribution >= 0.6 is 22.6 Å². The molecule has 0 bridgehead atoms. The van der Waals surface area contributed by atoms with E-state index in [1.807, 2.05) is 0 Å². The van der Waals surface area contributed by atoms with Crippen molar-refractivity contribution in [3.05, 3.63) is 12.2 Å². The van der Waals surface area contributed by atoms with Gasteiger partial charge in [-0.2, -0.15) is 0 Å². The second-order valence-corrected chi connectivity index (χ2v) is 5.54. The molecule has 0 spiro atoms. The Labute approximate surface area is 70.9 Å². The fourth-order valence-corrected chi connectivity index (χ4v) is 2.18. The van der Waals surface area contributed by atoms with Crippen LogP contribution in [-0.4, -0.2) is 3.42 Å². The Hall–Kier alpha value is 0.470. The summed E-state index contributed by atoms with van der Waals surface area (Å²) in [5, 5.41) is 0. The Morgan fingerprint density at radius 2 is 2.33 bits per heavy atom. The molecule has 0 aromatic rings. The largest absolute Gasteiger partial charge is 0.0983 e. The molecule has 0 aromatic carbocycles. The van der Waals surface area contributed by atoms with Gasteiger partial charge in [0, 0.05) is 3.42 Å². The number of alkyl halides is 1. The number of hydrogen-bond donors (Lipinski definition) is 0. The fourth-order valence-electron chi connectivity index (χ4n) is 1.34. The summed E-state index contributed by atoms with van der Waals surface area (Å²) >= 11 is 2.51. The quantitative estimate of drug-likeness (QED) is 0.344. The zero-order valence-electron chi connectivity index (χ0n) is 6.08. The lowest BCUT2D eigenvalue weighted by atomic mass is 10.0. The minimum Gasteiger partial charge on any atom is -0.0983 e. The van der Waals surface area contributed by atoms with Crippen LogP contribution in [0.4, 0.5) is 0 Å². The maximum atomic E-state index is 4.08. The van der Waals surface area contributed by atoms with Crippen molar-refractivity contribution in [2.24, 2.45) is 5.92 Å². The summed E-state index contributed by atoms with van der Waals surface area (Å²) in [6, 6.07) is 0. The highest BCUT2D eigenvalue weighted by Gasteiger charge is 2.33. The van der Waals surface area contributed by atoms with Gasteiger partial charge in [0.05, 0.1) is 0 Å². The van der Waals surface area contributed by atoms with E-state index in [0.717, 1.165) is 5.92 Å². The molecule has 0 radical (unpaired) electrons. The molecule has 0 aromatic heterocycles. The van der Waals surface area contributed by atoms with Crippen LogP contribution in [0, 0.1) is 5.92 Å². The number of rotatable bonds is 0. The monoisotopic (exact) mass is 236 g/mol. The van der Waals surface area contributed by atoms with Crippen LogP contribution in [0.2, 0.25) is 0 Å². The van der Waals surface area contributed by atoms with E-state index in [1.165, 1.54) is 18.4 Å². The summed E-state index contributed by atoms with van der Waals surface area (Å²) < 4.78 is 0.400. The van der Waals surface area contributed by atoms with E-state index in [4.69, 9.17) is 0 Å². The van der Waals surface area contributed by atoms with Crippen molar-refractivity contribution < 1.29 is 0 Å². The zero-order valence-corrected chi connectivity index (χ0v) is 8.23. The molecular formula is C8H13I. The SMILES string of the molecule is C=C1C(C)CCC1(C)I. The Balaban J connectivity index is 2.74. The highest BCUT2D eigenvalue weighted by Crippen LogP contribution is 2.44. The average Bonchev–Trinajstić information content (AvgIpc) is 1.97. The molecule has 1 rings (SSSR count). The fraction of sp³-hybridized carbons (Fsp3) is 0.750. The molecule has 0 aliphatic heterocycles. The van der Waals surface area contributed by atoms with E-state index in [1.54, 1.807) is 0 Å². The maximum absolute atomic E-state index is 4.08. The lowest BCUT2D eigenvalue weighted by molar-refractivity contribution is 0.693. The molecular weight excluding hydrogens is 223 g/mol. The van der Waals surface area contributed by atoms with Gasteiger partial charge in [0.15, 0.2) is 0 Å². The third-order valence-electron chi connectivity index (χ3n) is 2.31. The van der Waals surface area contributed by atoms with E-state index in [2.05, 4.69) is 43.0 Å². The Morgan fingerprint density at radius 3 is 2.44 bits per heavy atom. The van der Waals surface area contributed by atoms with Gasteiger partial charge in [-0.1, -0.05) is 41.7 Å². The van der Waals surface area contributed by atoms with Crippen molar-refractivity contribution in [2.45, 2.75) is 30.1 Å². The highest BCUT2D eigenvalue weighted by molar-refractivity contribution is 14.1. The van der Waals surface area contributed by atoms with Crippen LogP contribution in [0.1, 0.15) is 26.7 Å². The van der Waals surface area contributed by atoms with Gasteiger partial charge in [-0.3, -0.25) is 0 Å². The molecule has 0 N–H and O–H groups in total. The van der Waals surface area contributed by atoms with Crippen LogP contribution < -0.4 is 0 Å². The number of allylic oxidation sites excluding steroid dienone is 1. The van der Waals surface area contributed by atoms with Crippen molar-refractivity contribution in [1.82, 2.24) is 0 Å². The van der Waals surface area contributed by atoms with Crippen LogP contribution in [0.5, 0.6) is 0 Å². The first kappa shape index (κ1) is 7.58. The molecule has 0 amide bonds. The van der Waals surface area contributed by atoms with E-state index < -0.39 is 0 Å². The summed E-state index contributed by atoms with van der Waals surface area (Å²) in [7, 11) is 0. The molecule has 0 heterocycles. The van der Waals surface area contributed by atoms with Crippen molar-refractivity contribution >= 4 is 22.6 Å². The van der Waals surface area contributed by atoms with Gasteiger partial charge in [-0.05, 0) is 25.7 Å². The molecule has 1 aliphatic rings. The van der Waals surface area contributed by atoms with Crippen molar-refractivity contribution in [3.63, 3.8) is 0 Å². The lowest BCUT2D eigenvalue weighted by Crippen LogP contribution is -2.11. The topological polar surface area (TPSA) is 0 Å². The molecule has 9 heavy (non-hydrogen) atoms. The van der Waals surface area contributed by atoms with E-state index in [9.17, 15) is 0 Å². The summed E-state index contributed by atoms with van der Waals surface area (Å²) in [6.07, 6.45) is 2.64. The summed E-state index contributed by atoms with van der Waals surface area (Å²) in [4.78, 5) is 0. The van der Waals surface area contributed by atoms with Crippen LogP contribution in [0.15, 0.2) is 12.2 Å². The Bertz CT molecular complexity index is 136. The van der Waals surface area contributed by atoms with Gasteiger partial charge < -0.3 is 0 Å². The summed E-state index contributed by atoms with van der Waals surface area (Å²) in [5.74, 6) is 0.756. The summed E-state index contributed by atoms with van der Waals surface area (Å²) in [6.45, 7) is 8.63. The smallest absolute Gasteiger partial charge is 0.0402 e. The zero-order chi connectivity index (χ0) is 7.07. The first-order valence-electron chi connectivity index (χ1n) is 3.42. The number of hydrogen-bond acceptors (Lipinski definition) is 0. The minimum absolute atomic E-state index is 0.400. The summed E-state index contributed by atoms with van der Waals surface area (Å²) in [5.41, 5.74) is 1.43. The van der Waals surface area contributed by atoms with E-state index >= 15 is 0 Å². The first-order chi connectivity index (χ1) is 4.04. The molecule has 52 valence electrons. The molecule has 2 atom stereocenters. The molecule has 0 nitrogen and oxygen atoms in total. The van der Waals surface area contributed by atoms with Crippen LogP contribution in [0.3, 0.4) is 0 Å². The number of halogens is 1. The molecule has 1 fully saturated rings. The molecule has 2 unspecified atom stereocenters. The van der Waals surface area contributed by atoms with Crippen LogP contribution in [-0.2, 0) is 0 Å². The van der Waals surface area contributed by atoms with Crippen LogP contribution in [0.25, 0.3) is 0 Å². The molecule has 1 saturated carbocycles. The van der Waals surface area contributed by atoms with Crippen molar-refractivity contribution in [2.75, 3.05) is 0 Å². The second kappa shape index (κ2) is 2.26. The second-order valence-electron chi connectivity index (χ2n) is 3.16. The normalized spacial score (nSPS) is 43.9. The van der Waals surface area contributed by atoms with Crippen molar-refractivity contribution in [3.8, 4) is 0 Å². The van der Waals surface area contributed by atoms with E-state index in [0.29, 0.717) is 3.42 Å². The third kappa shape index (κ3) is 1.31. The third-order valence-corrected chi connectivity index (χ3v) is 3.54. The van der Waals surface area contributed by atoms with Gasteiger partial charge in [0.25, 0.3) is 0 Å². The van der Waals surface area contributed by atoms with Gasteiger partial charge in [0.1, 0.15) is 0 Å². The molecule has 1 aliphatic carbocycles. The van der Waals surface area contributed by atoms with Gasteiger partial charge in [0.2, 0.25) is 0 Å². The first-order valence-corrected chi connectivity index (χ1v) is 4.50. The van der Waals surface area contributed by atoms with Crippen molar-refractivity contribution in [1.29, 1.82) is 0 Å². The predicted molar refractivity (Wildman–Crippen MR) is 50.0 cm³/mol. The predicted octanol–water partition coefficient (Wildman–Crippen LogP) is 3.17. The van der Waals surface area contributed by atoms with Gasteiger partial charge in [-0.15, -0.1) is 0 Å². The van der Waals surface area contributed by atoms with Gasteiger partial charge in [-0.25, -0.2) is 0 Å². The molecule has 0 saturated heterocycles. The van der Waals surface area contributed by atoms with Gasteiger partial charge >= 0.3 is 0 Å².